The second-order valence-corrected chi connectivity index (χ2v) is 7.69. The van der Waals surface area contributed by atoms with Crippen LogP contribution < -0.4 is 19.7 Å². The van der Waals surface area contributed by atoms with Crippen molar-refractivity contribution in [1.82, 2.24) is 5.32 Å². The van der Waals surface area contributed by atoms with E-state index >= 15 is 0 Å². The Kier molecular flexibility index (Phi) is 6.73. The van der Waals surface area contributed by atoms with Crippen molar-refractivity contribution < 1.29 is 28.7 Å². The highest BCUT2D eigenvalue weighted by Gasteiger charge is 2.36. The van der Waals surface area contributed by atoms with Gasteiger partial charge in [0.1, 0.15) is 5.57 Å². The van der Waals surface area contributed by atoms with E-state index in [-0.39, 0.29) is 17.1 Å². The summed E-state index contributed by atoms with van der Waals surface area (Å²) in [5, 5.41) is 2.20. The quantitative estimate of drug-likeness (QED) is 0.250. The number of hydrogen-bond acceptors (Lipinski definition) is 6. The third-order valence-electron chi connectivity index (χ3n) is 5.15. The first-order valence-electron chi connectivity index (χ1n) is 10.9. The normalized spacial score (nSPS) is 14.6. The van der Waals surface area contributed by atoms with E-state index < -0.39 is 23.8 Å². The zero-order chi connectivity index (χ0) is 24.9. The van der Waals surface area contributed by atoms with Crippen LogP contribution in [0.4, 0.5) is 10.5 Å². The van der Waals surface area contributed by atoms with Crippen LogP contribution in [0.25, 0.3) is 6.08 Å². The van der Waals surface area contributed by atoms with Crippen molar-refractivity contribution in [3.05, 3.63) is 95.1 Å². The van der Waals surface area contributed by atoms with Gasteiger partial charge in [0.25, 0.3) is 11.8 Å². The van der Waals surface area contributed by atoms with E-state index in [0.717, 1.165) is 10.5 Å². The van der Waals surface area contributed by atoms with E-state index in [1.165, 1.54) is 12.1 Å². The van der Waals surface area contributed by atoms with E-state index in [0.29, 0.717) is 23.4 Å². The van der Waals surface area contributed by atoms with Crippen LogP contribution in [0.3, 0.4) is 0 Å². The van der Waals surface area contributed by atoms with Crippen molar-refractivity contribution >= 4 is 35.6 Å². The van der Waals surface area contributed by atoms with Gasteiger partial charge >= 0.3 is 12.0 Å². The van der Waals surface area contributed by atoms with Crippen molar-refractivity contribution in [3.63, 3.8) is 0 Å². The first-order valence-corrected chi connectivity index (χ1v) is 10.9. The maximum atomic E-state index is 13.1. The Morgan fingerprint density at radius 3 is 2.43 bits per heavy atom. The summed E-state index contributed by atoms with van der Waals surface area (Å²) in [6.07, 6.45) is 1.36. The highest BCUT2D eigenvalue weighted by Crippen LogP contribution is 2.31. The van der Waals surface area contributed by atoms with E-state index in [2.05, 4.69) is 5.32 Å². The number of amides is 4. The standard InChI is InChI=1S/C27H22N2O6/c1-3-34-23-16-18(12-13-22(23)35-26(32)19-9-5-4-6-10-19)15-21-24(30)28-27(33)29(25(21)31)20-11-7-8-17(2)14-20/h4-16H,3H2,1-2H3,(H,28,30,33). The van der Waals surface area contributed by atoms with Gasteiger partial charge in [-0.15, -0.1) is 0 Å². The molecule has 8 heteroatoms. The molecule has 3 aromatic rings. The fourth-order valence-corrected chi connectivity index (χ4v) is 3.53. The first kappa shape index (κ1) is 23.4. The monoisotopic (exact) mass is 470 g/mol. The molecule has 35 heavy (non-hydrogen) atoms. The van der Waals surface area contributed by atoms with Gasteiger partial charge < -0.3 is 9.47 Å². The van der Waals surface area contributed by atoms with Crippen LogP contribution >= 0.6 is 0 Å². The lowest BCUT2D eigenvalue weighted by molar-refractivity contribution is -0.122. The molecule has 0 unspecified atom stereocenters. The first-order chi connectivity index (χ1) is 16.9. The Labute approximate surface area is 201 Å². The zero-order valence-electron chi connectivity index (χ0n) is 19.1. The second-order valence-electron chi connectivity index (χ2n) is 7.69. The minimum absolute atomic E-state index is 0.193. The number of anilines is 1. The van der Waals surface area contributed by atoms with Gasteiger partial charge in [-0.3, -0.25) is 14.9 Å². The molecule has 4 amide bonds. The molecule has 1 N–H and O–H groups in total. The van der Waals surface area contributed by atoms with Crippen molar-refractivity contribution in [2.75, 3.05) is 11.5 Å². The molecule has 8 nitrogen and oxygen atoms in total. The van der Waals surface area contributed by atoms with Gasteiger partial charge in [-0.2, -0.15) is 0 Å². The maximum absolute atomic E-state index is 13.1. The molecule has 1 aliphatic heterocycles. The number of urea groups is 1. The molecular weight excluding hydrogens is 448 g/mol. The number of benzene rings is 3. The van der Waals surface area contributed by atoms with E-state index in [9.17, 15) is 19.2 Å². The number of barbiturate groups is 1. The minimum Gasteiger partial charge on any atom is -0.490 e. The molecule has 3 aromatic carbocycles. The Morgan fingerprint density at radius 2 is 1.71 bits per heavy atom. The molecule has 0 aliphatic carbocycles. The number of esters is 1. The van der Waals surface area contributed by atoms with Gasteiger partial charge in [0.2, 0.25) is 0 Å². The molecule has 1 heterocycles. The highest BCUT2D eigenvalue weighted by molar-refractivity contribution is 6.39. The molecular formula is C27H22N2O6. The summed E-state index contributed by atoms with van der Waals surface area (Å²) in [5.41, 5.74) is 1.82. The van der Waals surface area contributed by atoms with Crippen LogP contribution in [-0.4, -0.2) is 30.4 Å². The highest BCUT2D eigenvalue weighted by atomic mass is 16.6. The summed E-state index contributed by atoms with van der Waals surface area (Å²) in [6.45, 7) is 3.90. The van der Waals surface area contributed by atoms with Crippen LogP contribution in [0, 0.1) is 6.92 Å². The maximum Gasteiger partial charge on any atom is 0.343 e. The fraction of sp³-hybridized carbons (Fsp3) is 0.111. The predicted molar refractivity (Wildman–Crippen MR) is 129 cm³/mol. The second kappa shape index (κ2) is 10.0. The summed E-state index contributed by atoms with van der Waals surface area (Å²) < 4.78 is 11.1. The predicted octanol–water partition coefficient (Wildman–Crippen LogP) is 4.28. The zero-order valence-corrected chi connectivity index (χ0v) is 19.1. The molecule has 0 spiro atoms. The van der Waals surface area contributed by atoms with Crippen LogP contribution in [0.2, 0.25) is 0 Å². The molecule has 0 atom stereocenters. The topological polar surface area (TPSA) is 102 Å². The average molecular weight is 470 g/mol. The van der Waals surface area contributed by atoms with Crippen molar-refractivity contribution in [2.24, 2.45) is 0 Å². The van der Waals surface area contributed by atoms with Gasteiger partial charge in [0.05, 0.1) is 17.9 Å². The van der Waals surface area contributed by atoms with Crippen molar-refractivity contribution in [2.45, 2.75) is 13.8 Å². The number of nitrogens with zero attached hydrogens (tertiary/aromatic N) is 1. The lowest BCUT2D eigenvalue weighted by Gasteiger charge is -2.26. The lowest BCUT2D eigenvalue weighted by Crippen LogP contribution is -2.54. The molecule has 0 saturated carbocycles. The van der Waals surface area contributed by atoms with Crippen LogP contribution in [-0.2, 0) is 9.59 Å². The van der Waals surface area contributed by atoms with Gasteiger partial charge in [-0.05, 0) is 67.4 Å². The summed E-state index contributed by atoms with van der Waals surface area (Å²) in [6, 6.07) is 19.2. The molecule has 176 valence electrons. The van der Waals surface area contributed by atoms with Crippen LogP contribution in [0.1, 0.15) is 28.4 Å². The number of ether oxygens (including phenoxy) is 2. The SMILES string of the molecule is CCOc1cc(C=C2C(=O)NC(=O)N(c3cccc(C)c3)C2=O)ccc1OC(=O)c1ccccc1. The van der Waals surface area contributed by atoms with Crippen molar-refractivity contribution in [3.8, 4) is 11.5 Å². The molecule has 0 aromatic heterocycles. The molecule has 1 saturated heterocycles. The van der Waals surface area contributed by atoms with E-state index in [1.807, 2.05) is 13.0 Å². The smallest absolute Gasteiger partial charge is 0.343 e. The van der Waals surface area contributed by atoms with Crippen molar-refractivity contribution in [1.29, 1.82) is 0 Å². The summed E-state index contributed by atoms with van der Waals surface area (Å²) in [7, 11) is 0. The van der Waals surface area contributed by atoms with Gasteiger partial charge in [-0.25, -0.2) is 14.5 Å². The van der Waals surface area contributed by atoms with E-state index in [4.69, 9.17) is 9.47 Å². The Hall–Kier alpha value is -4.72. The van der Waals surface area contributed by atoms with Crippen LogP contribution in [0.15, 0.2) is 78.4 Å². The third-order valence-corrected chi connectivity index (χ3v) is 5.15. The number of rotatable bonds is 6. The lowest BCUT2D eigenvalue weighted by atomic mass is 10.1. The molecule has 0 radical (unpaired) electrons. The number of imide groups is 2. The fourth-order valence-electron chi connectivity index (χ4n) is 3.53. The number of carbonyl (C=O) groups excluding carboxylic acids is 4. The molecule has 0 bridgehead atoms. The number of aryl methyl sites for hydroxylation is 1. The summed E-state index contributed by atoms with van der Waals surface area (Å²) >= 11 is 0. The summed E-state index contributed by atoms with van der Waals surface area (Å²) in [4.78, 5) is 51.4. The van der Waals surface area contributed by atoms with Gasteiger partial charge in [0.15, 0.2) is 11.5 Å². The van der Waals surface area contributed by atoms with Gasteiger partial charge in [-0.1, -0.05) is 36.4 Å². The Morgan fingerprint density at radius 1 is 0.943 bits per heavy atom. The third kappa shape index (κ3) is 5.11. The molecule has 4 rings (SSSR count). The summed E-state index contributed by atoms with van der Waals surface area (Å²) in [5.74, 6) is -1.64. The Bertz CT molecular complexity index is 1350. The average Bonchev–Trinajstić information content (AvgIpc) is 2.84. The van der Waals surface area contributed by atoms with Gasteiger partial charge in [0, 0.05) is 0 Å². The number of carbonyl (C=O) groups is 4. The van der Waals surface area contributed by atoms with Crippen LogP contribution in [0.5, 0.6) is 11.5 Å². The minimum atomic E-state index is -0.819. The largest absolute Gasteiger partial charge is 0.490 e. The Balaban J connectivity index is 1.65. The number of hydrogen-bond donors (Lipinski definition) is 1. The number of nitrogens with one attached hydrogen (secondary N) is 1. The molecule has 1 fully saturated rings. The van der Waals surface area contributed by atoms with E-state index in [1.54, 1.807) is 67.6 Å². The molecule has 1 aliphatic rings.